The molecule has 0 bridgehead atoms. The second kappa shape index (κ2) is 4.94. The first-order valence-corrected chi connectivity index (χ1v) is 6.07. The molecule has 0 aliphatic carbocycles. The van der Waals surface area contributed by atoms with Crippen LogP contribution in [0.15, 0.2) is 41.0 Å². The Morgan fingerprint density at radius 1 is 1.41 bits per heavy atom. The summed E-state index contributed by atoms with van der Waals surface area (Å²) in [7, 11) is 0. The van der Waals surface area contributed by atoms with Crippen LogP contribution in [0.5, 0.6) is 0 Å². The number of carboxylic acid groups (broad SMARTS) is 1. The molecule has 3 nitrogen and oxygen atoms in total. The second-order valence-electron chi connectivity index (χ2n) is 3.61. The smallest absolute Gasteiger partial charge is 0.352 e. The molecule has 17 heavy (non-hydrogen) atoms. The molecule has 2 aromatic rings. The molecular formula is C12H9BrClNO2. The number of aromatic carboxylic acids is 1. The molecule has 1 aromatic heterocycles. The van der Waals surface area contributed by atoms with Gasteiger partial charge in [-0.2, -0.15) is 0 Å². The van der Waals surface area contributed by atoms with E-state index in [0.717, 1.165) is 10.0 Å². The molecule has 88 valence electrons. The molecule has 0 atom stereocenters. The van der Waals surface area contributed by atoms with Crippen molar-refractivity contribution in [1.29, 1.82) is 0 Å². The molecule has 0 fully saturated rings. The monoisotopic (exact) mass is 313 g/mol. The van der Waals surface area contributed by atoms with Crippen molar-refractivity contribution in [3.05, 3.63) is 57.3 Å². The van der Waals surface area contributed by atoms with Crippen molar-refractivity contribution < 1.29 is 9.90 Å². The summed E-state index contributed by atoms with van der Waals surface area (Å²) < 4.78 is 2.41. The highest BCUT2D eigenvalue weighted by Gasteiger charge is 2.11. The summed E-state index contributed by atoms with van der Waals surface area (Å²) in [6.07, 6.45) is 1.74. The molecule has 1 aromatic carbocycles. The minimum atomic E-state index is -0.947. The third-order valence-electron chi connectivity index (χ3n) is 2.32. The van der Waals surface area contributed by atoms with Gasteiger partial charge >= 0.3 is 5.97 Å². The number of aromatic nitrogens is 1. The van der Waals surface area contributed by atoms with Crippen molar-refractivity contribution in [1.82, 2.24) is 4.57 Å². The first-order chi connectivity index (χ1) is 8.06. The number of hydrogen-bond acceptors (Lipinski definition) is 1. The van der Waals surface area contributed by atoms with Gasteiger partial charge in [-0.05, 0) is 39.7 Å². The minimum Gasteiger partial charge on any atom is -0.477 e. The topological polar surface area (TPSA) is 42.2 Å². The molecule has 0 radical (unpaired) electrons. The summed E-state index contributed by atoms with van der Waals surface area (Å²) in [6.45, 7) is 0.480. The average molecular weight is 315 g/mol. The highest BCUT2D eigenvalue weighted by atomic mass is 79.9. The molecule has 0 aliphatic heterocycles. The molecule has 5 heteroatoms. The van der Waals surface area contributed by atoms with E-state index in [4.69, 9.17) is 16.7 Å². The Morgan fingerprint density at radius 2 is 2.18 bits per heavy atom. The summed E-state index contributed by atoms with van der Waals surface area (Å²) in [5, 5.41) is 9.69. The number of carbonyl (C=O) groups is 1. The Morgan fingerprint density at radius 3 is 2.82 bits per heavy atom. The van der Waals surface area contributed by atoms with Gasteiger partial charge in [0.25, 0.3) is 0 Å². The van der Waals surface area contributed by atoms with E-state index in [1.54, 1.807) is 22.9 Å². The fourth-order valence-corrected chi connectivity index (χ4v) is 2.29. The van der Waals surface area contributed by atoms with E-state index in [-0.39, 0.29) is 5.69 Å². The summed E-state index contributed by atoms with van der Waals surface area (Å²) in [5.41, 5.74) is 1.21. The van der Waals surface area contributed by atoms with Gasteiger partial charge in [0.15, 0.2) is 0 Å². The third kappa shape index (κ3) is 2.90. The van der Waals surface area contributed by atoms with Crippen molar-refractivity contribution in [3.8, 4) is 0 Å². The first-order valence-electron chi connectivity index (χ1n) is 4.89. The van der Waals surface area contributed by atoms with E-state index in [1.165, 1.54) is 0 Å². The van der Waals surface area contributed by atoms with E-state index in [9.17, 15) is 4.79 Å². The van der Waals surface area contributed by atoms with Gasteiger partial charge < -0.3 is 9.67 Å². The number of nitrogens with zero attached hydrogens (tertiary/aromatic N) is 1. The SMILES string of the molecule is O=C(O)c1cc(Br)cn1Cc1cccc(Cl)c1. The predicted molar refractivity (Wildman–Crippen MR) is 69.6 cm³/mol. The lowest BCUT2D eigenvalue weighted by atomic mass is 10.2. The van der Waals surface area contributed by atoms with Crippen molar-refractivity contribution >= 4 is 33.5 Å². The Bertz CT molecular complexity index is 565. The maximum absolute atomic E-state index is 11.0. The zero-order chi connectivity index (χ0) is 12.4. The molecular weight excluding hydrogens is 305 g/mol. The van der Waals surface area contributed by atoms with Gasteiger partial charge in [-0.1, -0.05) is 23.7 Å². The summed E-state index contributed by atoms with van der Waals surface area (Å²) in [4.78, 5) is 11.0. The van der Waals surface area contributed by atoms with Crippen LogP contribution >= 0.6 is 27.5 Å². The van der Waals surface area contributed by atoms with Crippen molar-refractivity contribution in [2.45, 2.75) is 6.54 Å². The number of halogens is 2. The molecule has 0 saturated heterocycles. The molecule has 0 saturated carbocycles. The summed E-state index contributed by atoms with van der Waals surface area (Å²) in [5.74, 6) is -0.947. The molecule has 1 N–H and O–H groups in total. The predicted octanol–water partition coefficient (Wildman–Crippen LogP) is 3.65. The van der Waals surface area contributed by atoms with E-state index in [2.05, 4.69) is 15.9 Å². The van der Waals surface area contributed by atoms with Crippen LogP contribution in [-0.2, 0) is 6.54 Å². The van der Waals surface area contributed by atoms with Crippen molar-refractivity contribution in [2.75, 3.05) is 0 Å². The van der Waals surface area contributed by atoms with Crippen LogP contribution in [0, 0.1) is 0 Å². The molecule has 0 aliphatic rings. The van der Waals surface area contributed by atoms with Crippen LogP contribution in [0.2, 0.25) is 5.02 Å². The second-order valence-corrected chi connectivity index (χ2v) is 4.96. The standard InChI is InChI=1S/C12H9BrClNO2/c13-9-5-11(12(16)17)15(7-9)6-8-2-1-3-10(14)4-8/h1-5,7H,6H2,(H,16,17). The van der Waals surface area contributed by atoms with Crippen molar-refractivity contribution in [3.63, 3.8) is 0 Å². The lowest BCUT2D eigenvalue weighted by Gasteiger charge is -2.06. The van der Waals surface area contributed by atoms with Gasteiger partial charge in [-0.3, -0.25) is 0 Å². The third-order valence-corrected chi connectivity index (χ3v) is 2.99. The molecule has 2 rings (SSSR count). The number of benzene rings is 1. The summed E-state index contributed by atoms with van der Waals surface area (Å²) in [6, 6.07) is 8.94. The maximum Gasteiger partial charge on any atom is 0.352 e. The maximum atomic E-state index is 11.0. The highest BCUT2D eigenvalue weighted by molar-refractivity contribution is 9.10. The van der Waals surface area contributed by atoms with E-state index in [0.29, 0.717) is 11.6 Å². The van der Waals surface area contributed by atoms with Gasteiger partial charge in [0.05, 0.1) is 0 Å². The fourth-order valence-electron chi connectivity index (χ4n) is 1.62. The normalized spacial score (nSPS) is 10.5. The van der Waals surface area contributed by atoms with Gasteiger partial charge in [0, 0.05) is 22.2 Å². The van der Waals surface area contributed by atoms with Gasteiger partial charge in [-0.15, -0.1) is 0 Å². The van der Waals surface area contributed by atoms with E-state index in [1.807, 2.05) is 18.2 Å². The molecule has 0 spiro atoms. The van der Waals surface area contributed by atoms with Gasteiger partial charge in [-0.25, -0.2) is 4.79 Å². The molecule has 0 amide bonds. The lowest BCUT2D eigenvalue weighted by molar-refractivity contribution is 0.0685. The van der Waals surface area contributed by atoms with Crippen LogP contribution < -0.4 is 0 Å². The Kier molecular flexibility index (Phi) is 3.54. The first kappa shape index (κ1) is 12.2. The Hall–Kier alpha value is -1.26. The fraction of sp³-hybridized carbons (Fsp3) is 0.0833. The van der Waals surface area contributed by atoms with E-state index >= 15 is 0 Å². The minimum absolute atomic E-state index is 0.247. The van der Waals surface area contributed by atoms with Crippen LogP contribution in [0.25, 0.3) is 0 Å². The zero-order valence-electron chi connectivity index (χ0n) is 8.73. The van der Waals surface area contributed by atoms with Crippen molar-refractivity contribution in [2.24, 2.45) is 0 Å². The number of carboxylic acids is 1. The van der Waals surface area contributed by atoms with E-state index < -0.39 is 5.97 Å². The van der Waals surface area contributed by atoms with Gasteiger partial charge in [0.2, 0.25) is 0 Å². The average Bonchev–Trinajstić information content (AvgIpc) is 2.59. The molecule has 1 heterocycles. The largest absolute Gasteiger partial charge is 0.477 e. The molecule has 0 unspecified atom stereocenters. The zero-order valence-corrected chi connectivity index (χ0v) is 11.1. The van der Waals surface area contributed by atoms with Gasteiger partial charge in [0.1, 0.15) is 5.69 Å². The van der Waals surface area contributed by atoms with Crippen LogP contribution in [0.3, 0.4) is 0 Å². The summed E-state index contributed by atoms with van der Waals surface area (Å²) >= 11 is 9.15. The highest BCUT2D eigenvalue weighted by Crippen LogP contribution is 2.18. The Balaban J connectivity index is 2.32. The Labute approximate surface area is 112 Å². The van der Waals surface area contributed by atoms with Crippen LogP contribution in [-0.4, -0.2) is 15.6 Å². The number of hydrogen-bond donors (Lipinski definition) is 1. The van der Waals surface area contributed by atoms with Crippen LogP contribution in [0.4, 0.5) is 0 Å². The quantitative estimate of drug-likeness (QED) is 0.939. The van der Waals surface area contributed by atoms with Crippen LogP contribution in [0.1, 0.15) is 16.1 Å². The number of rotatable bonds is 3. The lowest BCUT2D eigenvalue weighted by Crippen LogP contribution is -2.08.